The molecule has 0 aliphatic carbocycles. The Balaban J connectivity index is 1.72. The van der Waals surface area contributed by atoms with Crippen molar-refractivity contribution in [1.82, 2.24) is 0 Å². The van der Waals surface area contributed by atoms with Gasteiger partial charge in [-0.3, -0.25) is 9.10 Å². The highest BCUT2D eigenvalue weighted by Crippen LogP contribution is 2.39. The SMILES string of the molecule is O=C(Nc1ccc2c(c1)N(S(=O)(=O)c1ccc(F)cc1)C[C@@H](CO)O2)c1c(F)cccc1Cl. The normalized spacial score (nSPS) is 15.5. The molecular formula is C22H17ClF2N2O5S. The fourth-order valence-electron chi connectivity index (χ4n) is 3.35. The van der Waals surface area contributed by atoms with Gasteiger partial charge in [0.05, 0.1) is 34.3 Å². The first kappa shape index (κ1) is 23.0. The fourth-order valence-corrected chi connectivity index (χ4v) is 5.10. The van der Waals surface area contributed by atoms with E-state index >= 15 is 0 Å². The van der Waals surface area contributed by atoms with Crippen molar-refractivity contribution < 1.29 is 31.8 Å². The van der Waals surface area contributed by atoms with Crippen LogP contribution in [-0.2, 0) is 10.0 Å². The molecule has 33 heavy (non-hydrogen) atoms. The number of fused-ring (bicyclic) bond motifs is 1. The van der Waals surface area contributed by atoms with E-state index in [4.69, 9.17) is 16.3 Å². The first-order valence-corrected chi connectivity index (χ1v) is 11.5. The third kappa shape index (κ3) is 4.50. The average Bonchev–Trinajstić information content (AvgIpc) is 2.78. The minimum absolute atomic E-state index is 0.0832. The number of halogens is 3. The molecule has 1 amide bonds. The van der Waals surface area contributed by atoms with Crippen molar-refractivity contribution in [2.45, 2.75) is 11.0 Å². The standard InChI is InChI=1S/C22H17ClF2N2O5S/c23-17-2-1-3-18(25)21(17)22(29)26-14-6-9-20-19(10-14)27(11-15(12-28)32-20)33(30,31)16-7-4-13(24)5-8-16/h1-10,15,28H,11-12H2,(H,26,29)/t15-/m0/s1. The van der Waals surface area contributed by atoms with E-state index in [1.165, 1.54) is 30.3 Å². The van der Waals surface area contributed by atoms with Crippen LogP contribution in [0.15, 0.2) is 65.6 Å². The van der Waals surface area contributed by atoms with Gasteiger partial charge in [0.2, 0.25) is 0 Å². The third-order valence-electron chi connectivity index (χ3n) is 4.94. The van der Waals surface area contributed by atoms with Gasteiger partial charge in [-0.05, 0) is 54.6 Å². The Morgan fingerprint density at radius 2 is 1.88 bits per heavy atom. The van der Waals surface area contributed by atoms with Crippen LogP contribution in [0.4, 0.5) is 20.2 Å². The molecule has 0 saturated carbocycles. The summed E-state index contributed by atoms with van der Waals surface area (Å²) in [6.07, 6.45) is -0.842. The highest BCUT2D eigenvalue weighted by molar-refractivity contribution is 7.92. The molecule has 1 atom stereocenters. The molecule has 172 valence electrons. The first-order valence-electron chi connectivity index (χ1n) is 9.66. The summed E-state index contributed by atoms with van der Waals surface area (Å²) >= 11 is 5.94. The molecule has 7 nitrogen and oxygen atoms in total. The summed E-state index contributed by atoms with van der Waals surface area (Å²) in [7, 11) is -4.16. The van der Waals surface area contributed by atoms with Gasteiger partial charge in [-0.25, -0.2) is 17.2 Å². The van der Waals surface area contributed by atoms with Gasteiger partial charge in [0.15, 0.2) is 0 Å². The molecule has 0 radical (unpaired) electrons. The molecule has 11 heteroatoms. The lowest BCUT2D eigenvalue weighted by atomic mass is 10.1. The summed E-state index contributed by atoms with van der Waals surface area (Å²) in [4.78, 5) is 12.4. The number of nitrogens with one attached hydrogen (secondary N) is 1. The van der Waals surface area contributed by atoms with Crippen LogP contribution in [0.2, 0.25) is 5.02 Å². The number of rotatable bonds is 5. The van der Waals surface area contributed by atoms with Gasteiger partial charge in [0.1, 0.15) is 23.5 Å². The van der Waals surface area contributed by atoms with Crippen molar-refractivity contribution in [1.29, 1.82) is 0 Å². The Bertz CT molecular complexity index is 1300. The number of aliphatic hydroxyl groups excluding tert-OH is 1. The number of hydrogen-bond donors (Lipinski definition) is 2. The van der Waals surface area contributed by atoms with Crippen LogP contribution < -0.4 is 14.4 Å². The monoisotopic (exact) mass is 494 g/mol. The number of amides is 1. The van der Waals surface area contributed by atoms with E-state index in [0.29, 0.717) is 0 Å². The number of anilines is 2. The van der Waals surface area contributed by atoms with E-state index in [2.05, 4.69) is 5.32 Å². The van der Waals surface area contributed by atoms with Crippen LogP contribution in [0.25, 0.3) is 0 Å². The number of carbonyl (C=O) groups excluding carboxylic acids is 1. The van der Waals surface area contributed by atoms with E-state index in [1.54, 1.807) is 0 Å². The van der Waals surface area contributed by atoms with Gasteiger partial charge in [0.25, 0.3) is 15.9 Å². The highest BCUT2D eigenvalue weighted by Gasteiger charge is 2.34. The zero-order chi connectivity index (χ0) is 23.8. The van der Waals surface area contributed by atoms with Crippen molar-refractivity contribution in [3.63, 3.8) is 0 Å². The summed E-state index contributed by atoms with van der Waals surface area (Å²) in [5, 5.41) is 12.0. The maximum atomic E-state index is 14.1. The second kappa shape index (κ2) is 8.97. The van der Waals surface area contributed by atoms with E-state index in [9.17, 15) is 27.1 Å². The minimum Gasteiger partial charge on any atom is -0.484 e. The first-order chi connectivity index (χ1) is 15.7. The lowest BCUT2D eigenvalue weighted by Crippen LogP contribution is -2.45. The Morgan fingerprint density at radius 3 is 2.55 bits per heavy atom. The maximum absolute atomic E-state index is 14.1. The summed E-state index contributed by atoms with van der Waals surface area (Å²) in [5.74, 6) is -2.09. The molecule has 0 aromatic heterocycles. The van der Waals surface area contributed by atoms with Gasteiger partial charge in [-0.2, -0.15) is 0 Å². The predicted octanol–water partition coefficient (Wildman–Crippen LogP) is 3.82. The predicted molar refractivity (Wildman–Crippen MR) is 118 cm³/mol. The van der Waals surface area contributed by atoms with Crippen molar-refractivity contribution in [2.24, 2.45) is 0 Å². The molecule has 0 spiro atoms. The van der Waals surface area contributed by atoms with E-state index < -0.39 is 40.3 Å². The Morgan fingerprint density at radius 1 is 1.15 bits per heavy atom. The molecule has 1 aliphatic rings. The lowest BCUT2D eigenvalue weighted by molar-refractivity contribution is 0.102. The molecule has 0 fully saturated rings. The largest absolute Gasteiger partial charge is 0.484 e. The number of nitrogens with zero attached hydrogens (tertiary/aromatic N) is 1. The van der Waals surface area contributed by atoms with Gasteiger partial charge < -0.3 is 15.2 Å². The molecule has 3 aromatic carbocycles. The van der Waals surface area contributed by atoms with Gasteiger partial charge in [-0.1, -0.05) is 17.7 Å². The van der Waals surface area contributed by atoms with E-state index in [0.717, 1.165) is 34.6 Å². The van der Waals surface area contributed by atoms with Crippen molar-refractivity contribution in [3.8, 4) is 5.75 Å². The Hall–Kier alpha value is -3.21. The van der Waals surface area contributed by atoms with Crippen LogP contribution in [0.3, 0.4) is 0 Å². The lowest BCUT2D eigenvalue weighted by Gasteiger charge is -2.35. The van der Waals surface area contributed by atoms with Crippen LogP contribution in [0.5, 0.6) is 5.75 Å². The molecule has 3 aromatic rings. The quantitative estimate of drug-likeness (QED) is 0.562. The molecule has 0 bridgehead atoms. The molecular weight excluding hydrogens is 478 g/mol. The van der Waals surface area contributed by atoms with Gasteiger partial charge in [-0.15, -0.1) is 0 Å². The third-order valence-corrected chi connectivity index (χ3v) is 7.05. The smallest absolute Gasteiger partial charge is 0.264 e. The zero-order valence-corrected chi connectivity index (χ0v) is 18.4. The van der Waals surface area contributed by atoms with Crippen LogP contribution in [-0.4, -0.2) is 38.7 Å². The van der Waals surface area contributed by atoms with E-state index in [1.807, 2.05) is 0 Å². The van der Waals surface area contributed by atoms with Crippen molar-refractivity contribution >= 4 is 38.9 Å². The van der Waals surface area contributed by atoms with Crippen molar-refractivity contribution in [3.05, 3.63) is 82.9 Å². The average molecular weight is 495 g/mol. The second-order valence-electron chi connectivity index (χ2n) is 7.15. The minimum atomic E-state index is -4.16. The topological polar surface area (TPSA) is 95.9 Å². The number of aliphatic hydroxyl groups is 1. The molecule has 1 heterocycles. The summed E-state index contributed by atoms with van der Waals surface area (Å²) in [6.45, 7) is -0.668. The van der Waals surface area contributed by atoms with Crippen molar-refractivity contribution in [2.75, 3.05) is 22.8 Å². The number of hydrogen-bond acceptors (Lipinski definition) is 5. The Labute approximate surface area is 193 Å². The maximum Gasteiger partial charge on any atom is 0.264 e. The van der Waals surface area contributed by atoms with Gasteiger partial charge >= 0.3 is 0 Å². The molecule has 0 unspecified atom stereocenters. The number of ether oxygens (including phenoxy) is 1. The van der Waals surface area contributed by atoms with E-state index in [-0.39, 0.29) is 39.2 Å². The summed E-state index contributed by atoms with van der Waals surface area (Å²) in [6, 6.07) is 12.3. The van der Waals surface area contributed by atoms with Crippen LogP contribution >= 0.6 is 11.6 Å². The second-order valence-corrected chi connectivity index (χ2v) is 9.42. The highest BCUT2D eigenvalue weighted by atomic mass is 35.5. The molecule has 2 N–H and O–H groups in total. The number of sulfonamides is 1. The van der Waals surface area contributed by atoms with Gasteiger partial charge in [0, 0.05) is 5.69 Å². The molecule has 4 rings (SSSR count). The number of carbonyl (C=O) groups is 1. The zero-order valence-electron chi connectivity index (χ0n) is 16.8. The van der Waals surface area contributed by atoms with Crippen LogP contribution in [0, 0.1) is 11.6 Å². The summed E-state index contributed by atoms with van der Waals surface area (Å²) in [5.41, 5.74) is -0.117. The number of benzene rings is 3. The van der Waals surface area contributed by atoms with Crippen LogP contribution in [0.1, 0.15) is 10.4 Å². The molecule has 0 saturated heterocycles. The molecule has 1 aliphatic heterocycles. The fraction of sp³-hybridized carbons (Fsp3) is 0.136. The Kier molecular flexibility index (Phi) is 6.24. The summed E-state index contributed by atoms with van der Waals surface area (Å²) < 4.78 is 60.6.